The Morgan fingerprint density at radius 3 is 2.72 bits per heavy atom. The van der Waals surface area contributed by atoms with Gasteiger partial charge in [0.05, 0.1) is 15.6 Å². The molecule has 0 N–H and O–H groups in total. The highest BCUT2D eigenvalue weighted by Gasteiger charge is 2.24. The summed E-state index contributed by atoms with van der Waals surface area (Å²) in [4.78, 5) is 21.4. The number of pyridine rings is 1. The van der Waals surface area contributed by atoms with Gasteiger partial charge in [0.2, 0.25) is 0 Å². The van der Waals surface area contributed by atoms with Gasteiger partial charge in [-0.3, -0.25) is 9.78 Å². The van der Waals surface area contributed by atoms with Crippen molar-refractivity contribution >= 4 is 44.6 Å². The number of rotatable bonds is 2. The summed E-state index contributed by atoms with van der Waals surface area (Å²) in [6, 6.07) is 8.27. The number of piperazine rings is 1. The summed E-state index contributed by atoms with van der Waals surface area (Å²) >= 11 is 7.60. The van der Waals surface area contributed by atoms with E-state index in [0.717, 1.165) is 28.9 Å². The number of nitrogens with zero attached hydrogens (tertiary/aromatic N) is 3. The fourth-order valence-corrected chi connectivity index (χ4v) is 4.30. The molecule has 1 fully saturated rings. The van der Waals surface area contributed by atoms with E-state index in [0.29, 0.717) is 23.0 Å². The predicted molar refractivity (Wildman–Crippen MR) is 99.1 cm³/mol. The highest BCUT2D eigenvalue weighted by molar-refractivity contribution is 7.20. The van der Waals surface area contributed by atoms with Crippen molar-refractivity contribution in [3.8, 4) is 0 Å². The van der Waals surface area contributed by atoms with E-state index >= 15 is 0 Å². The Kier molecular flexibility index (Phi) is 4.31. The molecule has 2 aromatic heterocycles. The number of thiophene rings is 1. The number of anilines is 1. The third-order valence-electron chi connectivity index (χ3n) is 4.35. The number of hydrogen-bond donors (Lipinski definition) is 0. The molecule has 0 unspecified atom stereocenters. The predicted octanol–water partition coefficient (Wildman–Crippen LogP) is 4.05. The summed E-state index contributed by atoms with van der Waals surface area (Å²) in [5, 5.41) is 1.39. The maximum Gasteiger partial charge on any atom is 0.264 e. The minimum atomic E-state index is -0.285. The van der Waals surface area contributed by atoms with Gasteiger partial charge >= 0.3 is 0 Å². The molecule has 4 rings (SSSR count). The van der Waals surface area contributed by atoms with E-state index in [1.807, 2.05) is 11.0 Å². The first-order chi connectivity index (χ1) is 12.1. The highest BCUT2D eigenvalue weighted by atomic mass is 35.5. The van der Waals surface area contributed by atoms with Crippen LogP contribution >= 0.6 is 22.9 Å². The molecule has 128 valence electrons. The van der Waals surface area contributed by atoms with Gasteiger partial charge in [0.25, 0.3) is 5.91 Å². The zero-order valence-electron chi connectivity index (χ0n) is 13.3. The van der Waals surface area contributed by atoms with Crippen LogP contribution < -0.4 is 4.90 Å². The van der Waals surface area contributed by atoms with Gasteiger partial charge in [-0.1, -0.05) is 11.6 Å². The second kappa shape index (κ2) is 6.61. The van der Waals surface area contributed by atoms with Gasteiger partial charge in [0.15, 0.2) is 0 Å². The minimum Gasteiger partial charge on any atom is -0.367 e. The lowest BCUT2D eigenvalue weighted by Crippen LogP contribution is -2.48. The standard InChI is InChI=1S/C18H15ClFN3OS/c19-14-11-21-4-3-15(14)22-5-7-23(8-6-22)18(24)17-10-12-9-13(20)1-2-16(12)25-17/h1-4,9-11H,5-8H2. The summed E-state index contributed by atoms with van der Waals surface area (Å²) in [5.74, 6) is -0.283. The average molecular weight is 376 g/mol. The number of benzene rings is 1. The summed E-state index contributed by atoms with van der Waals surface area (Å²) in [6.07, 6.45) is 3.35. The topological polar surface area (TPSA) is 36.4 Å². The minimum absolute atomic E-state index is 0.00193. The van der Waals surface area contributed by atoms with Crippen molar-refractivity contribution < 1.29 is 9.18 Å². The lowest BCUT2D eigenvalue weighted by Gasteiger charge is -2.36. The van der Waals surface area contributed by atoms with Crippen molar-refractivity contribution in [2.24, 2.45) is 0 Å². The van der Waals surface area contributed by atoms with Gasteiger partial charge in [-0.2, -0.15) is 0 Å². The molecule has 1 aliphatic rings. The van der Waals surface area contributed by atoms with Crippen molar-refractivity contribution in [3.63, 3.8) is 0 Å². The maximum atomic E-state index is 13.3. The van der Waals surface area contributed by atoms with Crippen LogP contribution in [-0.2, 0) is 0 Å². The van der Waals surface area contributed by atoms with E-state index in [4.69, 9.17) is 11.6 Å². The number of carbonyl (C=O) groups is 1. The van der Waals surface area contributed by atoms with Crippen molar-refractivity contribution in [1.82, 2.24) is 9.88 Å². The third-order valence-corrected chi connectivity index (χ3v) is 5.74. The molecule has 0 radical (unpaired) electrons. The van der Waals surface area contributed by atoms with E-state index in [1.54, 1.807) is 24.5 Å². The molecule has 7 heteroatoms. The van der Waals surface area contributed by atoms with Crippen LogP contribution in [0.15, 0.2) is 42.7 Å². The summed E-state index contributed by atoms with van der Waals surface area (Å²) < 4.78 is 14.3. The Morgan fingerprint density at radius 1 is 1.16 bits per heavy atom. The summed E-state index contributed by atoms with van der Waals surface area (Å²) in [5.41, 5.74) is 0.945. The molecule has 0 atom stereocenters. The van der Waals surface area contributed by atoms with Crippen LogP contribution in [0.1, 0.15) is 9.67 Å². The Morgan fingerprint density at radius 2 is 1.96 bits per heavy atom. The van der Waals surface area contributed by atoms with Gasteiger partial charge < -0.3 is 9.80 Å². The zero-order valence-corrected chi connectivity index (χ0v) is 14.9. The first-order valence-corrected chi connectivity index (χ1v) is 9.14. The van der Waals surface area contributed by atoms with Crippen molar-refractivity contribution in [1.29, 1.82) is 0 Å². The van der Waals surface area contributed by atoms with Crippen molar-refractivity contribution in [2.75, 3.05) is 31.1 Å². The van der Waals surface area contributed by atoms with E-state index in [1.165, 1.54) is 23.5 Å². The van der Waals surface area contributed by atoms with Crippen LogP contribution in [0.3, 0.4) is 0 Å². The Bertz CT molecular complexity index is 937. The summed E-state index contributed by atoms with van der Waals surface area (Å²) in [6.45, 7) is 2.68. The number of halogens is 2. The molecule has 0 spiro atoms. The number of amides is 1. The maximum absolute atomic E-state index is 13.3. The molecule has 4 nitrogen and oxygen atoms in total. The summed E-state index contributed by atoms with van der Waals surface area (Å²) in [7, 11) is 0. The van der Waals surface area contributed by atoms with Crippen LogP contribution in [0, 0.1) is 5.82 Å². The molecule has 1 aliphatic heterocycles. The largest absolute Gasteiger partial charge is 0.367 e. The van der Waals surface area contributed by atoms with Gasteiger partial charge in [0.1, 0.15) is 5.82 Å². The molecular weight excluding hydrogens is 361 g/mol. The fraction of sp³-hybridized carbons (Fsp3) is 0.222. The van der Waals surface area contributed by atoms with Crippen LogP contribution in [0.5, 0.6) is 0 Å². The average Bonchev–Trinajstić information content (AvgIpc) is 3.05. The molecule has 1 aromatic carbocycles. The smallest absolute Gasteiger partial charge is 0.264 e. The second-order valence-electron chi connectivity index (χ2n) is 5.90. The van der Waals surface area contributed by atoms with Crippen molar-refractivity contribution in [2.45, 2.75) is 0 Å². The Labute approximate surface area is 153 Å². The van der Waals surface area contributed by atoms with Gasteiger partial charge in [0, 0.05) is 43.3 Å². The number of aromatic nitrogens is 1. The number of fused-ring (bicyclic) bond motifs is 1. The highest BCUT2D eigenvalue weighted by Crippen LogP contribution is 2.29. The molecule has 3 heterocycles. The SMILES string of the molecule is O=C(c1cc2cc(F)ccc2s1)N1CCN(c2ccncc2Cl)CC1. The normalized spacial score (nSPS) is 15.0. The van der Waals surface area contributed by atoms with Crippen LogP contribution in [-0.4, -0.2) is 42.0 Å². The quantitative estimate of drug-likeness (QED) is 0.678. The molecule has 0 bridgehead atoms. The molecule has 1 amide bonds. The van der Waals surface area contributed by atoms with Crippen molar-refractivity contribution in [3.05, 3.63) is 58.4 Å². The van der Waals surface area contributed by atoms with Crippen LogP contribution in [0.25, 0.3) is 10.1 Å². The lowest BCUT2D eigenvalue weighted by molar-refractivity contribution is 0.0752. The van der Waals surface area contributed by atoms with Gasteiger partial charge in [-0.25, -0.2) is 4.39 Å². The number of carbonyl (C=O) groups excluding carboxylic acids is 1. The van der Waals surface area contributed by atoms with Gasteiger partial charge in [-0.05, 0) is 35.7 Å². The van der Waals surface area contributed by atoms with Crippen LogP contribution in [0.4, 0.5) is 10.1 Å². The van der Waals surface area contributed by atoms with E-state index < -0.39 is 0 Å². The molecular formula is C18H15ClFN3OS. The monoisotopic (exact) mass is 375 g/mol. The lowest BCUT2D eigenvalue weighted by atomic mass is 10.2. The Balaban J connectivity index is 1.48. The van der Waals surface area contributed by atoms with E-state index in [9.17, 15) is 9.18 Å². The Hall–Kier alpha value is -2.18. The molecule has 0 aliphatic carbocycles. The number of hydrogen-bond acceptors (Lipinski definition) is 4. The third kappa shape index (κ3) is 3.19. The first kappa shape index (κ1) is 16.3. The first-order valence-electron chi connectivity index (χ1n) is 7.94. The fourth-order valence-electron chi connectivity index (χ4n) is 3.05. The van der Waals surface area contributed by atoms with E-state index in [2.05, 4.69) is 9.88 Å². The zero-order chi connectivity index (χ0) is 17.4. The molecule has 0 saturated carbocycles. The van der Waals surface area contributed by atoms with Crippen LogP contribution in [0.2, 0.25) is 5.02 Å². The molecule has 3 aromatic rings. The molecule has 1 saturated heterocycles. The second-order valence-corrected chi connectivity index (χ2v) is 7.39. The molecule has 25 heavy (non-hydrogen) atoms. The van der Waals surface area contributed by atoms with E-state index in [-0.39, 0.29) is 11.7 Å². The van der Waals surface area contributed by atoms with Gasteiger partial charge in [-0.15, -0.1) is 11.3 Å².